The molecule has 4 heteroatoms. The Morgan fingerprint density at radius 1 is 1.69 bits per heavy atom. The molecule has 2 heterocycles. The first-order valence-corrected chi connectivity index (χ1v) is 4.10. The second-order valence-electron chi connectivity index (χ2n) is 3.01. The van der Waals surface area contributed by atoms with E-state index >= 15 is 0 Å². The van der Waals surface area contributed by atoms with Gasteiger partial charge in [-0.3, -0.25) is 0 Å². The molecule has 1 aliphatic rings. The van der Waals surface area contributed by atoms with Crippen molar-refractivity contribution in [2.75, 3.05) is 6.54 Å². The molecule has 3 nitrogen and oxygen atoms in total. The highest BCUT2D eigenvalue weighted by molar-refractivity contribution is 5.27. The minimum Gasteiger partial charge on any atom is -0.310 e. The van der Waals surface area contributed by atoms with Crippen LogP contribution in [-0.4, -0.2) is 11.5 Å². The SMILES string of the molecule is N#Cc1ncc([C@@H]2CCN2)cc1F. The van der Waals surface area contributed by atoms with Gasteiger partial charge in [0.05, 0.1) is 0 Å². The highest BCUT2D eigenvalue weighted by Gasteiger charge is 2.19. The molecule has 13 heavy (non-hydrogen) atoms. The Bertz CT molecular complexity index is 366. The molecule has 1 saturated heterocycles. The van der Waals surface area contributed by atoms with Crippen LogP contribution in [0.4, 0.5) is 4.39 Å². The summed E-state index contributed by atoms with van der Waals surface area (Å²) in [5.41, 5.74) is 0.686. The summed E-state index contributed by atoms with van der Waals surface area (Å²) < 4.78 is 13.1. The first-order valence-electron chi connectivity index (χ1n) is 4.10. The molecular formula is C9H8FN3. The zero-order valence-corrected chi connectivity index (χ0v) is 6.92. The molecule has 2 rings (SSSR count). The van der Waals surface area contributed by atoms with Gasteiger partial charge in [0.1, 0.15) is 6.07 Å². The summed E-state index contributed by atoms with van der Waals surface area (Å²) in [6, 6.07) is 3.29. The van der Waals surface area contributed by atoms with Crippen molar-refractivity contribution in [2.45, 2.75) is 12.5 Å². The number of hydrogen-bond donors (Lipinski definition) is 1. The number of nitrogens with one attached hydrogen (secondary N) is 1. The maximum absolute atomic E-state index is 13.1. The van der Waals surface area contributed by atoms with E-state index in [1.165, 1.54) is 6.07 Å². The van der Waals surface area contributed by atoms with Gasteiger partial charge in [-0.1, -0.05) is 0 Å². The van der Waals surface area contributed by atoms with Crippen molar-refractivity contribution >= 4 is 0 Å². The number of aromatic nitrogens is 1. The van der Waals surface area contributed by atoms with Gasteiger partial charge in [0, 0.05) is 12.2 Å². The van der Waals surface area contributed by atoms with E-state index in [0.717, 1.165) is 18.5 Å². The van der Waals surface area contributed by atoms with E-state index in [1.54, 1.807) is 12.3 Å². The van der Waals surface area contributed by atoms with Crippen molar-refractivity contribution in [3.8, 4) is 6.07 Å². The van der Waals surface area contributed by atoms with Crippen LogP contribution in [0, 0.1) is 17.1 Å². The monoisotopic (exact) mass is 177 g/mol. The van der Waals surface area contributed by atoms with Crippen LogP contribution in [0.2, 0.25) is 0 Å². The van der Waals surface area contributed by atoms with Crippen molar-refractivity contribution in [3.63, 3.8) is 0 Å². The highest BCUT2D eigenvalue weighted by Crippen LogP contribution is 2.22. The molecule has 0 bridgehead atoms. The first-order chi connectivity index (χ1) is 6.31. The molecule has 1 aromatic rings. The maximum atomic E-state index is 13.1. The van der Waals surface area contributed by atoms with Crippen molar-refractivity contribution < 1.29 is 4.39 Å². The topological polar surface area (TPSA) is 48.7 Å². The molecule has 1 aliphatic heterocycles. The van der Waals surface area contributed by atoms with Gasteiger partial charge in [0.15, 0.2) is 11.5 Å². The number of rotatable bonds is 1. The molecule has 0 aliphatic carbocycles. The van der Waals surface area contributed by atoms with Crippen molar-refractivity contribution in [1.29, 1.82) is 5.26 Å². The van der Waals surface area contributed by atoms with Gasteiger partial charge in [-0.2, -0.15) is 5.26 Å². The largest absolute Gasteiger partial charge is 0.310 e. The lowest BCUT2D eigenvalue weighted by atomic mass is 9.99. The molecular weight excluding hydrogens is 169 g/mol. The van der Waals surface area contributed by atoms with Gasteiger partial charge in [-0.05, 0) is 24.6 Å². The summed E-state index contributed by atoms with van der Waals surface area (Å²) in [6.07, 6.45) is 2.56. The predicted molar refractivity (Wildman–Crippen MR) is 44.3 cm³/mol. The summed E-state index contributed by atoms with van der Waals surface area (Å²) in [7, 11) is 0. The highest BCUT2D eigenvalue weighted by atomic mass is 19.1. The number of halogens is 1. The van der Waals surface area contributed by atoms with Gasteiger partial charge >= 0.3 is 0 Å². The third-order valence-electron chi connectivity index (χ3n) is 2.19. The van der Waals surface area contributed by atoms with E-state index in [-0.39, 0.29) is 11.7 Å². The zero-order valence-electron chi connectivity index (χ0n) is 6.92. The summed E-state index contributed by atoms with van der Waals surface area (Å²) in [4.78, 5) is 3.72. The second kappa shape index (κ2) is 3.11. The van der Waals surface area contributed by atoms with Gasteiger partial charge in [0.25, 0.3) is 0 Å². The lowest BCUT2D eigenvalue weighted by Gasteiger charge is -2.27. The van der Waals surface area contributed by atoms with Gasteiger partial charge in [-0.25, -0.2) is 9.37 Å². The quantitative estimate of drug-likeness (QED) is 0.699. The maximum Gasteiger partial charge on any atom is 0.176 e. The van der Waals surface area contributed by atoms with Crippen LogP contribution >= 0.6 is 0 Å². The number of nitrogens with zero attached hydrogens (tertiary/aromatic N) is 2. The molecule has 1 atom stereocenters. The lowest BCUT2D eigenvalue weighted by molar-refractivity contribution is 0.380. The summed E-state index contributed by atoms with van der Waals surface area (Å²) in [5, 5.41) is 11.6. The molecule has 0 amide bonds. The Kier molecular flexibility index (Phi) is 1.95. The number of nitriles is 1. The van der Waals surface area contributed by atoms with E-state index in [2.05, 4.69) is 10.3 Å². The van der Waals surface area contributed by atoms with Gasteiger partial charge in [0.2, 0.25) is 0 Å². The Balaban J connectivity index is 2.30. The van der Waals surface area contributed by atoms with E-state index in [0.29, 0.717) is 0 Å². The second-order valence-corrected chi connectivity index (χ2v) is 3.01. The van der Waals surface area contributed by atoms with E-state index < -0.39 is 5.82 Å². The standard InChI is InChI=1S/C9H8FN3/c10-7-3-6(8-1-2-12-8)5-13-9(7)4-11/h3,5,8,12H,1-2H2/t8-/m0/s1. The van der Waals surface area contributed by atoms with Gasteiger partial charge in [-0.15, -0.1) is 0 Å². The molecule has 0 spiro atoms. The normalized spacial score (nSPS) is 20.5. The average Bonchev–Trinajstić information content (AvgIpc) is 2.01. The fourth-order valence-corrected chi connectivity index (χ4v) is 1.30. The van der Waals surface area contributed by atoms with Crippen LogP contribution in [-0.2, 0) is 0 Å². The van der Waals surface area contributed by atoms with Crippen LogP contribution in [0.5, 0.6) is 0 Å². The summed E-state index contributed by atoms with van der Waals surface area (Å²) in [6.45, 7) is 0.965. The molecule has 66 valence electrons. The third kappa shape index (κ3) is 1.38. The van der Waals surface area contributed by atoms with Crippen molar-refractivity contribution in [1.82, 2.24) is 10.3 Å². The Morgan fingerprint density at radius 2 is 2.46 bits per heavy atom. The van der Waals surface area contributed by atoms with E-state index in [4.69, 9.17) is 5.26 Å². The Labute approximate surface area is 75.2 Å². The molecule has 0 radical (unpaired) electrons. The molecule has 0 aromatic carbocycles. The predicted octanol–water partition coefficient (Wildman–Crippen LogP) is 1.13. The Hall–Kier alpha value is -1.47. The minimum absolute atomic E-state index is 0.136. The Morgan fingerprint density at radius 3 is 2.92 bits per heavy atom. The van der Waals surface area contributed by atoms with E-state index in [1.807, 2.05) is 0 Å². The van der Waals surface area contributed by atoms with Crippen LogP contribution in [0.3, 0.4) is 0 Å². The van der Waals surface area contributed by atoms with Crippen LogP contribution in [0.25, 0.3) is 0 Å². The minimum atomic E-state index is -0.534. The van der Waals surface area contributed by atoms with Crippen molar-refractivity contribution in [3.05, 3.63) is 29.3 Å². The summed E-state index contributed by atoms with van der Waals surface area (Å²) >= 11 is 0. The number of pyridine rings is 1. The summed E-state index contributed by atoms with van der Waals surface area (Å²) in [5.74, 6) is -0.534. The fraction of sp³-hybridized carbons (Fsp3) is 0.333. The van der Waals surface area contributed by atoms with Crippen LogP contribution < -0.4 is 5.32 Å². The fourth-order valence-electron chi connectivity index (χ4n) is 1.30. The molecule has 1 aromatic heterocycles. The first kappa shape index (κ1) is 8.14. The lowest BCUT2D eigenvalue weighted by Crippen LogP contribution is -2.35. The zero-order chi connectivity index (χ0) is 9.26. The molecule has 1 N–H and O–H groups in total. The van der Waals surface area contributed by atoms with E-state index in [9.17, 15) is 4.39 Å². The number of hydrogen-bond acceptors (Lipinski definition) is 3. The average molecular weight is 177 g/mol. The van der Waals surface area contributed by atoms with Crippen molar-refractivity contribution in [2.24, 2.45) is 0 Å². The van der Waals surface area contributed by atoms with Crippen LogP contribution in [0.1, 0.15) is 23.7 Å². The van der Waals surface area contributed by atoms with Crippen LogP contribution in [0.15, 0.2) is 12.3 Å². The molecule has 0 unspecified atom stereocenters. The molecule has 0 saturated carbocycles. The molecule has 1 fully saturated rings. The smallest absolute Gasteiger partial charge is 0.176 e. The third-order valence-corrected chi connectivity index (χ3v) is 2.19. The van der Waals surface area contributed by atoms with Gasteiger partial charge < -0.3 is 5.32 Å².